The molecule has 1 rings (SSSR count). The van der Waals surface area contributed by atoms with Crippen LogP contribution in [-0.2, 0) is 0 Å². The number of thioether (sulfide) groups is 1. The lowest BCUT2D eigenvalue weighted by molar-refractivity contribution is -0.384. The Morgan fingerprint density at radius 3 is 2.83 bits per heavy atom. The molecule has 100 valence electrons. The van der Waals surface area contributed by atoms with Gasteiger partial charge >= 0.3 is 5.69 Å². The first kappa shape index (κ1) is 14.5. The van der Waals surface area contributed by atoms with Crippen molar-refractivity contribution in [3.05, 3.63) is 16.3 Å². The Balaban J connectivity index is 2.82. The molecule has 18 heavy (non-hydrogen) atoms. The van der Waals surface area contributed by atoms with Crippen molar-refractivity contribution in [1.82, 2.24) is 9.97 Å². The summed E-state index contributed by atoms with van der Waals surface area (Å²) in [5.41, 5.74) is -0.0989. The third-order valence-corrected chi connectivity index (χ3v) is 2.71. The van der Waals surface area contributed by atoms with Gasteiger partial charge in [-0.3, -0.25) is 10.1 Å². The molecule has 0 aromatic carbocycles. The summed E-state index contributed by atoms with van der Waals surface area (Å²) in [7, 11) is 0. The van der Waals surface area contributed by atoms with Gasteiger partial charge in [0.2, 0.25) is 11.8 Å². The molecule has 0 radical (unpaired) electrons. The van der Waals surface area contributed by atoms with E-state index in [2.05, 4.69) is 20.6 Å². The maximum Gasteiger partial charge on any atom is 0.329 e. The molecule has 0 amide bonds. The average Bonchev–Trinajstić information content (AvgIpc) is 2.36. The number of nitro groups is 1. The molecule has 0 saturated heterocycles. The van der Waals surface area contributed by atoms with Crippen molar-refractivity contribution in [2.75, 3.05) is 35.7 Å². The van der Waals surface area contributed by atoms with Crippen LogP contribution in [-0.4, -0.2) is 40.0 Å². The van der Waals surface area contributed by atoms with Gasteiger partial charge in [-0.15, -0.1) is 0 Å². The highest BCUT2D eigenvalue weighted by Crippen LogP contribution is 2.21. The topological polar surface area (TPSA) is 93.0 Å². The number of anilines is 2. The summed E-state index contributed by atoms with van der Waals surface area (Å²) in [5, 5.41) is 16.8. The standard InChI is InChI=1S/C10H17N5O2S/c1-3-4-12-10-13-7-8(15(16)17)9(14-10)11-5-6-18-2/h7H,3-6H2,1-2H3,(H2,11,12,13,14). The van der Waals surface area contributed by atoms with Gasteiger partial charge in [-0.25, -0.2) is 4.98 Å². The molecule has 0 aliphatic carbocycles. The molecule has 2 N–H and O–H groups in total. The molecule has 1 aromatic heterocycles. The number of hydrogen-bond acceptors (Lipinski definition) is 7. The lowest BCUT2D eigenvalue weighted by Gasteiger charge is -2.07. The predicted molar refractivity (Wildman–Crippen MR) is 74.3 cm³/mol. The van der Waals surface area contributed by atoms with Crippen LogP contribution >= 0.6 is 11.8 Å². The fourth-order valence-corrected chi connectivity index (χ4v) is 1.54. The molecule has 0 unspecified atom stereocenters. The van der Waals surface area contributed by atoms with Gasteiger partial charge in [0.25, 0.3) is 0 Å². The second-order valence-electron chi connectivity index (χ2n) is 3.53. The van der Waals surface area contributed by atoms with Crippen molar-refractivity contribution in [1.29, 1.82) is 0 Å². The maximum absolute atomic E-state index is 10.8. The van der Waals surface area contributed by atoms with Crippen LogP contribution in [0.15, 0.2) is 6.20 Å². The highest BCUT2D eigenvalue weighted by atomic mass is 32.2. The van der Waals surface area contributed by atoms with E-state index in [0.29, 0.717) is 12.5 Å². The summed E-state index contributed by atoms with van der Waals surface area (Å²) in [6.07, 6.45) is 4.15. The van der Waals surface area contributed by atoms with Crippen LogP contribution in [0.3, 0.4) is 0 Å². The second-order valence-corrected chi connectivity index (χ2v) is 4.52. The third kappa shape index (κ3) is 4.36. The SMILES string of the molecule is CCCNc1ncc([N+](=O)[O-])c(NCCSC)n1. The van der Waals surface area contributed by atoms with Crippen molar-refractivity contribution in [2.45, 2.75) is 13.3 Å². The highest BCUT2D eigenvalue weighted by molar-refractivity contribution is 7.98. The molecule has 8 heteroatoms. The second kappa shape index (κ2) is 7.70. The summed E-state index contributed by atoms with van der Waals surface area (Å²) < 4.78 is 0. The molecule has 0 bridgehead atoms. The van der Waals surface area contributed by atoms with E-state index < -0.39 is 4.92 Å². The van der Waals surface area contributed by atoms with Crippen molar-refractivity contribution < 1.29 is 4.92 Å². The first-order chi connectivity index (χ1) is 8.69. The Morgan fingerprint density at radius 2 is 2.22 bits per heavy atom. The quantitative estimate of drug-likeness (QED) is 0.424. The van der Waals surface area contributed by atoms with E-state index in [1.54, 1.807) is 11.8 Å². The van der Waals surface area contributed by atoms with Crippen molar-refractivity contribution in [2.24, 2.45) is 0 Å². The number of nitrogens with one attached hydrogen (secondary N) is 2. The van der Waals surface area contributed by atoms with Gasteiger partial charge in [0.15, 0.2) is 0 Å². The van der Waals surface area contributed by atoms with E-state index in [-0.39, 0.29) is 11.5 Å². The number of rotatable bonds is 8. The largest absolute Gasteiger partial charge is 0.363 e. The van der Waals surface area contributed by atoms with E-state index in [9.17, 15) is 10.1 Å². The summed E-state index contributed by atoms with van der Waals surface area (Å²) in [6, 6.07) is 0. The van der Waals surface area contributed by atoms with Crippen LogP contribution in [0.4, 0.5) is 17.5 Å². The monoisotopic (exact) mass is 271 g/mol. The Bertz CT molecular complexity index is 402. The van der Waals surface area contributed by atoms with Crippen LogP contribution < -0.4 is 10.6 Å². The first-order valence-corrected chi connectivity index (χ1v) is 7.06. The highest BCUT2D eigenvalue weighted by Gasteiger charge is 2.16. The van der Waals surface area contributed by atoms with E-state index in [1.807, 2.05) is 13.2 Å². The third-order valence-electron chi connectivity index (χ3n) is 2.10. The van der Waals surface area contributed by atoms with Gasteiger partial charge in [0.05, 0.1) is 4.92 Å². The van der Waals surface area contributed by atoms with E-state index >= 15 is 0 Å². The summed E-state index contributed by atoms with van der Waals surface area (Å²) in [6.45, 7) is 3.39. The predicted octanol–water partition coefficient (Wildman–Crippen LogP) is 1.98. The minimum Gasteiger partial charge on any atom is -0.363 e. The zero-order chi connectivity index (χ0) is 13.4. The zero-order valence-corrected chi connectivity index (χ0v) is 11.3. The van der Waals surface area contributed by atoms with Gasteiger partial charge in [-0.2, -0.15) is 16.7 Å². The van der Waals surface area contributed by atoms with Crippen molar-refractivity contribution in [3.8, 4) is 0 Å². The van der Waals surface area contributed by atoms with E-state index in [0.717, 1.165) is 18.7 Å². The molecule has 0 spiro atoms. The minimum absolute atomic E-state index is 0.0989. The molecule has 0 aliphatic heterocycles. The molecular formula is C10H17N5O2S. The van der Waals surface area contributed by atoms with Crippen LogP contribution in [0.5, 0.6) is 0 Å². The van der Waals surface area contributed by atoms with Crippen LogP contribution in [0.2, 0.25) is 0 Å². The molecule has 0 atom stereocenters. The molecule has 0 saturated carbocycles. The molecule has 0 fully saturated rings. The van der Waals surface area contributed by atoms with Gasteiger partial charge in [0, 0.05) is 18.8 Å². The van der Waals surface area contributed by atoms with E-state index in [4.69, 9.17) is 0 Å². The van der Waals surface area contributed by atoms with Crippen LogP contribution in [0.1, 0.15) is 13.3 Å². The summed E-state index contributed by atoms with van der Waals surface area (Å²) in [5.74, 6) is 1.54. The van der Waals surface area contributed by atoms with Gasteiger partial charge < -0.3 is 10.6 Å². The van der Waals surface area contributed by atoms with Crippen molar-refractivity contribution >= 4 is 29.2 Å². The Morgan fingerprint density at radius 1 is 1.44 bits per heavy atom. The molecular weight excluding hydrogens is 254 g/mol. The van der Waals surface area contributed by atoms with Crippen molar-refractivity contribution in [3.63, 3.8) is 0 Å². The molecule has 0 aliphatic rings. The number of hydrogen-bond donors (Lipinski definition) is 2. The van der Waals surface area contributed by atoms with Gasteiger partial charge in [0.1, 0.15) is 6.20 Å². The van der Waals surface area contributed by atoms with Gasteiger partial charge in [-0.05, 0) is 12.7 Å². The Hall–Kier alpha value is -1.57. The average molecular weight is 271 g/mol. The number of aromatic nitrogens is 2. The Labute approximate surface area is 110 Å². The summed E-state index contributed by atoms with van der Waals surface area (Å²) >= 11 is 1.66. The fraction of sp³-hybridized carbons (Fsp3) is 0.600. The van der Waals surface area contributed by atoms with Gasteiger partial charge in [-0.1, -0.05) is 6.92 Å². The smallest absolute Gasteiger partial charge is 0.329 e. The van der Waals surface area contributed by atoms with Crippen LogP contribution in [0.25, 0.3) is 0 Å². The summed E-state index contributed by atoms with van der Waals surface area (Å²) in [4.78, 5) is 18.4. The molecule has 7 nitrogen and oxygen atoms in total. The normalized spacial score (nSPS) is 10.1. The zero-order valence-electron chi connectivity index (χ0n) is 10.5. The van der Waals surface area contributed by atoms with E-state index in [1.165, 1.54) is 6.20 Å². The Kier molecular flexibility index (Phi) is 6.20. The fourth-order valence-electron chi connectivity index (χ4n) is 1.23. The first-order valence-electron chi connectivity index (χ1n) is 5.67. The molecule has 1 heterocycles. The molecule has 1 aromatic rings. The number of nitrogens with zero attached hydrogens (tertiary/aromatic N) is 3. The maximum atomic E-state index is 10.8. The minimum atomic E-state index is -0.481. The van der Waals surface area contributed by atoms with Crippen LogP contribution in [0, 0.1) is 10.1 Å². The lowest BCUT2D eigenvalue weighted by atomic mass is 10.4. The lowest BCUT2D eigenvalue weighted by Crippen LogP contribution is -2.11.